The van der Waals surface area contributed by atoms with Crippen LogP contribution < -0.4 is 19.1 Å². The highest BCUT2D eigenvalue weighted by Crippen LogP contribution is 2.59. The molecule has 68 heavy (non-hydrogen) atoms. The molecule has 1 fully saturated rings. The van der Waals surface area contributed by atoms with Gasteiger partial charge in [0.1, 0.15) is 30.5 Å². The van der Waals surface area contributed by atoms with Crippen LogP contribution in [0.2, 0.25) is 0 Å². The minimum absolute atomic E-state index is 0.0734. The summed E-state index contributed by atoms with van der Waals surface area (Å²) in [6.07, 6.45) is 8.38. The van der Waals surface area contributed by atoms with E-state index < -0.39 is 5.60 Å². The number of benzene rings is 6. The van der Waals surface area contributed by atoms with E-state index >= 15 is 0 Å². The van der Waals surface area contributed by atoms with Crippen LogP contribution in [0.4, 0.5) is 5.69 Å². The molecule has 352 valence electrons. The number of hydrogen-bond donors (Lipinski definition) is 1. The molecule has 0 aromatic heterocycles. The molecular weight excluding hydrogens is 855 g/mol. The zero-order valence-corrected chi connectivity index (χ0v) is 39.4. The van der Waals surface area contributed by atoms with Crippen LogP contribution in [0.25, 0.3) is 39.1 Å². The molecule has 1 N–H and O–H groups in total. The number of hydrogen-bond acceptors (Lipinski definition) is 10. The van der Waals surface area contributed by atoms with Gasteiger partial charge in [0.15, 0.2) is 5.60 Å². The molecule has 6 aromatic carbocycles. The second-order valence-corrected chi connectivity index (χ2v) is 18.3. The molecule has 2 aliphatic heterocycles. The van der Waals surface area contributed by atoms with Crippen LogP contribution in [0.5, 0.6) is 17.2 Å². The fourth-order valence-electron chi connectivity index (χ4n) is 9.99. The van der Waals surface area contributed by atoms with Crippen LogP contribution in [0.3, 0.4) is 0 Å². The van der Waals surface area contributed by atoms with Crippen molar-refractivity contribution >= 4 is 34.5 Å². The highest BCUT2D eigenvalue weighted by Gasteiger charge is 2.44. The van der Waals surface area contributed by atoms with Crippen molar-refractivity contribution in [1.29, 1.82) is 0 Å². The third-order valence-corrected chi connectivity index (χ3v) is 13.6. The van der Waals surface area contributed by atoms with Gasteiger partial charge >= 0.3 is 11.9 Å². The molecule has 1 atom stereocenters. The van der Waals surface area contributed by atoms with E-state index in [0.717, 1.165) is 64.2 Å². The predicted octanol–water partition coefficient (Wildman–Crippen LogP) is 11.2. The highest BCUT2D eigenvalue weighted by molar-refractivity contribution is 6.09. The van der Waals surface area contributed by atoms with Crippen LogP contribution in [0, 0.1) is 0 Å². The van der Waals surface area contributed by atoms with E-state index in [2.05, 4.69) is 128 Å². The van der Waals surface area contributed by atoms with Crippen LogP contribution in [0.1, 0.15) is 86.6 Å². The van der Waals surface area contributed by atoms with Crippen molar-refractivity contribution in [2.45, 2.75) is 69.8 Å². The van der Waals surface area contributed by atoms with Crippen LogP contribution in [-0.4, -0.2) is 76.9 Å². The quantitative estimate of drug-likeness (QED) is 0.0622. The Labute approximate surface area is 399 Å². The van der Waals surface area contributed by atoms with Gasteiger partial charge in [0.05, 0.1) is 26.9 Å². The largest absolute Gasteiger partial charge is 0.497 e. The Hall–Kier alpha value is -6.62. The fourth-order valence-corrected chi connectivity index (χ4v) is 9.99. The SMILES string of the molecule is COc1ccc2c3c(c4c(c2c1)-c1ccc(-c2ccccc2)cc1C4(C)C)C=CC(c1ccc(OCCOC(=O)CCCCCOC(=O)CCCCO)cc1)(c1ccc(N2CCOCC2)cc1)O3. The third kappa shape index (κ3) is 9.58. The van der Waals surface area contributed by atoms with Gasteiger partial charge in [-0.15, -0.1) is 0 Å². The average Bonchev–Trinajstić information content (AvgIpc) is 3.62. The van der Waals surface area contributed by atoms with E-state index in [-0.39, 0.29) is 43.6 Å². The molecule has 10 nitrogen and oxygen atoms in total. The smallest absolute Gasteiger partial charge is 0.305 e. The molecule has 10 heteroatoms. The second-order valence-electron chi connectivity index (χ2n) is 18.3. The van der Waals surface area contributed by atoms with Gasteiger partial charge in [0.2, 0.25) is 0 Å². The zero-order valence-electron chi connectivity index (χ0n) is 39.4. The number of unbranched alkanes of at least 4 members (excludes halogenated alkanes) is 3. The minimum atomic E-state index is -0.996. The maximum absolute atomic E-state index is 12.4. The maximum atomic E-state index is 12.4. The molecule has 1 aliphatic carbocycles. The van der Waals surface area contributed by atoms with E-state index in [1.165, 1.54) is 33.4 Å². The maximum Gasteiger partial charge on any atom is 0.305 e. The summed E-state index contributed by atoms with van der Waals surface area (Å²) in [5.41, 5.74) is 10.1. The monoisotopic (exact) mass is 915 g/mol. The summed E-state index contributed by atoms with van der Waals surface area (Å²) >= 11 is 0. The lowest BCUT2D eigenvalue weighted by Gasteiger charge is -2.39. The van der Waals surface area contributed by atoms with Crippen LogP contribution >= 0.6 is 0 Å². The van der Waals surface area contributed by atoms with Gasteiger partial charge in [0, 0.05) is 65.7 Å². The van der Waals surface area contributed by atoms with Crippen molar-refractivity contribution in [2.24, 2.45) is 0 Å². The topological polar surface area (TPSA) is 113 Å². The number of aliphatic hydroxyl groups is 1. The fraction of sp³-hybridized carbons (Fsp3) is 0.345. The number of aliphatic hydroxyl groups excluding tert-OH is 1. The lowest BCUT2D eigenvalue weighted by atomic mass is 9.76. The zero-order chi connectivity index (χ0) is 47.1. The Bertz CT molecular complexity index is 2760. The number of methoxy groups -OCH3 is 1. The molecule has 0 spiro atoms. The molecule has 6 aromatic rings. The third-order valence-electron chi connectivity index (χ3n) is 13.6. The number of esters is 2. The van der Waals surface area contributed by atoms with E-state index in [1.54, 1.807) is 7.11 Å². The first-order valence-electron chi connectivity index (χ1n) is 24.1. The Morgan fingerprint density at radius 2 is 1.38 bits per heavy atom. The van der Waals surface area contributed by atoms with Crippen molar-refractivity contribution in [1.82, 2.24) is 0 Å². The Balaban J connectivity index is 0.968. The van der Waals surface area contributed by atoms with Crippen molar-refractivity contribution < 1.29 is 43.1 Å². The summed E-state index contributed by atoms with van der Waals surface area (Å²) in [5, 5.41) is 11.0. The first-order chi connectivity index (χ1) is 33.2. The van der Waals surface area contributed by atoms with E-state index in [1.807, 2.05) is 18.2 Å². The number of morpholine rings is 1. The second kappa shape index (κ2) is 20.7. The van der Waals surface area contributed by atoms with Crippen molar-refractivity contribution in [3.8, 4) is 39.5 Å². The van der Waals surface area contributed by atoms with Gasteiger partial charge in [-0.3, -0.25) is 9.59 Å². The van der Waals surface area contributed by atoms with Crippen molar-refractivity contribution in [2.75, 3.05) is 64.7 Å². The molecule has 9 rings (SSSR count). The van der Waals surface area contributed by atoms with Crippen molar-refractivity contribution in [3.63, 3.8) is 0 Å². The van der Waals surface area contributed by atoms with Gasteiger partial charge in [0.25, 0.3) is 0 Å². The molecule has 0 bridgehead atoms. The normalized spacial score (nSPS) is 16.6. The van der Waals surface area contributed by atoms with E-state index in [4.69, 9.17) is 33.5 Å². The number of nitrogens with zero attached hydrogens (tertiary/aromatic N) is 1. The van der Waals surface area contributed by atoms with Crippen LogP contribution in [0.15, 0.2) is 121 Å². The van der Waals surface area contributed by atoms with E-state index in [0.29, 0.717) is 57.7 Å². The number of rotatable bonds is 19. The van der Waals surface area contributed by atoms with Gasteiger partial charge < -0.3 is 38.4 Å². The number of ether oxygens (including phenoxy) is 6. The Kier molecular flexibility index (Phi) is 14.2. The number of carbonyl (C=O) groups excluding carboxylic acids is 2. The summed E-state index contributed by atoms with van der Waals surface area (Å²) in [7, 11) is 1.72. The lowest BCUT2D eigenvalue weighted by Crippen LogP contribution is -2.37. The number of fused-ring (bicyclic) bond motifs is 8. The first-order valence-corrected chi connectivity index (χ1v) is 24.1. The summed E-state index contributed by atoms with van der Waals surface area (Å²) in [4.78, 5) is 26.5. The first kappa shape index (κ1) is 46.5. The minimum Gasteiger partial charge on any atom is -0.497 e. The molecule has 1 unspecified atom stereocenters. The van der Waals surface area contributed by atoms with Gasteiger partial charge in [-0.1, -0.05) is 86.7 Å². The standard InChI is InChI=1S/C58H61NO9/c1-57(2)51-38-41(40-12-6-4-7-13-40)16-26-48(51)54-50-39-46(63-3)25-27-47(50)56-49(55(54)57)28-29-58(68-56,42-17-21-44(22-18-42)59-30-34-64-35-31-59)43-19-23-45(24-20-43)65-36-37-67-53(62)14-8-5-11-33-66-52(61)15-9-10-32-60/h4,6-7,12-13,16-29,38-39,60H,5,8-11,14-15,30-37H2,1-3H3. The molecule has 0 radical (unpaired) electrons. The molecule has 0 amide bonds. The number of anilines is 1. The van der Waals surface area contributed by atoms with Crippen LogP contribution in [-0.2, 0) is 34.8 Å². The molecule has 2 heterocycles. The molecule has 0 saturated carbocycles. The predicted molar refractivity (Wildman–Crippen MR) is 267 cm³/mol. The Morgan fingerprint density at radius 1 is 0.691 bits per heavy atom. The molecule has 3 aliphatic rings. The highest BCUT2D eigenvalue weighted by atomic mass is 16.6. The van der Waals surface area contributed by atoms with E-state index in [9.17, 15) is 9.59 Å². The number of carbonyl (C=O) groups is 2. The summed E-state index contributed by atoms with van der Waals surface area (Å²) in [6.45, 7) is 8.49. The summed E-state index contributed by atoms with van der Waals surface area (Å²) in [5.74, 6) is 1.72. The van der Waals surface area contributed by atoms with Gasteiger partial charge in [-0.2, -0.15) is 0 Å². The molecular formula is C58H61NO9. The average molecular weight is 916 g/mol. The summed E-state index contributed by atoms with van der Waals surface area (Å²) in [6, 6.07) is 40.5. The lowest BCUT2D eigenvalue weighted by molar-refractivity contribution is -0.145. The van der Waals surface area contributed by atoms with Gasteiger partial charge in [-0.25, -0.2) is 0 Å². The van der Waals surface area contributed by atoms with Crippen molar-refractivity contribution in [3.05, 3.63) is 149 Å². The van der Waals surface area contributed by atoms with Gasteiger partial charge in [-0.05, 0) is 125 Å². The molecule has 1 saturated heterocycles. The summed E-state index contributed by atoms with van der Waals surface area (Å²) < 4.78 is 35.9. The Morgan fingerprint density at radius 3 is 2.10 bits per heavy atom.